The fourth-order valence-electron chi connectivity index (χ4n) is 1.61. The third-order valence-electron chi connectivity index (χ3n) is 2.61. The molecular formula is C14H10ClF2NO. The summed E-state index contributed by atoms with van der Waals surface area (Å²) in [5, 5.41) is 2.56. The molecule has 2 rings (SSSR count). The predicted molar refractivity (Wildman–Crippen MR) is 70.5 cm³/mol. The van der Waals surface area contributed by atoms with Gasteiger partial charge in [0.1, 0.15) is 11.6 Å². The predicted octanol–water partition coefficient (Wildman–Crippen LogP) is 4.18. The summed E-state index contributed by atoms with van der Waals surface area (Å²) in [7, 11) is 0. The quantitative estimate of drug-likeness (QED) is 0.879. The second-order valence-corrected chi connectivity index (χ2v) is 4.45. The molecular weight excluding hydrogens is 272 g/mol. The first-order valence-electron chi connectivity index (χ1n) is 5.50. The Hall–Kier alpha value is -1.94. The molecule has 0 fully saturated rings. The lowest BCUT2D eigenvalue weighted by Crippen LogP contribution is -2.15. The molecule has 0 saturated carbocycles. The molecule has 1 amide bonds. The van der Waals surface area contributed by atoms with Gasteiger partial charge in [-0.1, -0.05) is 23.7 Å². The van der Waals surface area contributed by atoms with Crippen LogP contribution in [0, 0.1) is 18.6 Å². The maximum Gasteiger partial charge on any atom is 0.258 e. The molecule has 0 spiro atoms. The van der Waals surface area contributed by atoms with Crippen molar-refractivity contribution in [2.75, 3.05) is 5.32 Å². The van der Waals surface area contributed by atoms with E-state index >= 15 is 0 Å². The van der Waals surface area contributed by atoms with Crippen molar-refractivity contribution >= 4 is 23.2 Å². The number of hydrogen-bond acceptors (Lipinski definition) is 1. The normalized spacial score (nSPS) is 10.3. The molecule has 0 radical (unpaired) electrons. The maximum atomic E-state index is 13.7. The van der Waals surface area contributed by atoms with Crippen LogP contribution in [-0.2, 0) is 0 Å². The molecule has 0 saturated heterocycles. The molecule has 1 N–H and O–H groups in total. The first-order chi connectivity index (χ1) is 8.99. The molecule has 2 aromatic rings. The Kier molecular flexibility index (Phi) is 3.81. The van der Waals surface area contributed by atoms with Crippen LogP contribution in [0.1, 0.15) is 15.9 Å². The Labute approximate surface area is 114 Å². The Morgan fingerprint density at radius 1 is 1.21 bits per heavy atom. The van der Waals surface area contributed by atoms with E-state index in [4.69, 9.17) is 11.6 Å². The van der Waals surface area contributed by atoms with Crippen molar-refractivity contribution in [3.8, 4) is 0 Å². The van der Waals surface area contributed by atoms with Crippen LogP contribution in [0.4, 0.5) is 14.5 Å². The van der Waals surface area contributed by atoms with E-state index in [9.17, 15) is 13.6 Å². The van der Waals surface area contributed by atoms with Crippen LogP contribution in [0.25, 0.3) is 0 Å². The topological polar surface area (TPSA) is 29.1 Å². The SMILES string of the molecule is Cc1cccc(NC(=O)c2cc(Cl)ccc2F)c1F. The molecule has 0 atom stereocenters. The zero-order chi connectivity index (χ0) is 14.0. The van der Waals surface area contributed by atoms with Crippen LogP contribution in [0.3, 0.4) is 0 Å². The van der Waals surface area contributed by atoms with Gasteiger partial charge in [0.2, 0.25) is 0 Å². The number of amides is 1. The van der Waals surface area contributed by atoms with Crippen LogP contribution >= 0.6 is 11.6 Å². The number of hydrogen-bond donors (Lipinski definition) is 1. The van der Waals surface area contributed by atoms with Gasteiger partial charge in [-0.05, 0) is 36.8 Å². The zero-order valence-electron chi connectivity index (χ0n) is 10.0. The van der Waals surface area contributed by atoms with E-state index in [1.165, 1.54) is 18.2 Å². The molecule has 2 nitrogen and oxygen atoms in total. The van der Waals surface area contributed by atoms with E-state index in [2.05, 4.69) is 5.32 Å². The standard InChI is InChI=1S/C14H10ClF2NO/c1-8-3-2-4-12(13(8)17)18-14(19)10-7-9(15)5-6-11(10)16/h2-7H,1H3,(H,18,19). The molecule has 0 aromatic heterocycles. The molecule has 19 heavy (non-hydrogen) atoms. The number of anilines is 1. The lowest BCUT2D eigenvalue weighted by atomic mass is 10.1. The summed E-state index contributed by atoms with van der Waals surface area (Å²) in [5.41, 5.74) is 0.169. The highest BCUT2D eigenvalue weighted by atomic mass is 35.5. The number of benzene rings is 2. The molecule has 2 aromatic carbocycles. The summed E-state index contributed by atoms with van der Waals surface area (Å²) in [5.74, 6) is -2.00. The van der Waals surface area contributed by atoms with Crippen LogP contribution in [0.2, 0.25) is 5.02 Å². The number of nitrogens with one attached hydrogen (secondary N) is 1. The van der Waals surface area contributed by atoms with Crippen LogP contribution < -0.4 is 5.32 Å². The Balaban J connectivity index is 2.31. The van der Waals surface area contributed by atoms with Gasteiger partial charge < -0.3 is 5.32 Å². The van der Waals surface area contributed by atoms with E-state index in [1.807, 2.05) is 0 Å². The third kappa shape index (κ3) is 2.90. The van der Waals surface area contributed by atoms with Gasteiger partial charge in [-0.2, -0.15) is 0 Å². The van der Waals surface area contributed by atoms with Gasteiger partial charge in [-0.15, -0.1) is 0 Å². The number of halogens is 3. The van der Waals surface area contributed by atoms with Gasteiger partial charge >= 0.3 is 0 Å². The summed E-state index contributed by atoms with van der Waals surface area (Å²) >= 11 is 5.70. The number of rotatable bonds is 2. The zero-order valence-corrected chi connectivity index (χ0v) is 10.8. The van der Waals surface area contributed by atoms with Crippen molar-refractivity contribution in [1.29, 1.82) is 0 Å². The van der Waals surface area contributed by atoms with Gasteiger partial charge in [0.25, 0.3) is 5.91 Å². The summed E-state index contributed by atoms with van der Waals surface area (Å²) in [6.45, 7) is 1.57. The van der Waals surface area contributed by atoms with E-state index in [0.717, 1.165) is 6.07 Å². The van der Waals surface area contributed by atoms with Gasteiger partial charge in [0.15, 0.2) is 0 Å². The average Bonchev–Trinajstić information content (AvgIpc) is 2.38. The Morgan fingerprint density at radius 3 is 2.68 bits per heavy atom. The van der Waals surface area contributed by atoms with Gasteiger partial charge in [-0.25, -0.2) is 8.78 Å². The summed E-state index contributed by atoms with van der Waals surface area (Å²) in [6.07, 6.45) is 0. The van der Waals surface area contributed by atoms with Crippen molar-refractivity contribution in [2.24, 2.45) is 0 Å². The minimum Gasteiger partial charge on any atom is -0.319 e. The second kappa shape index (κ2) is 5.36. The van der Waals surface area contributed by atoms with E-state index in [-0.39, 0.29) is 16.3 Å². The van der Waals surface area contributed by atoms with E-state index in [0.29, 0.717) is 5.56 Å². The van der Waals surface area contributed by atoms with Gasteiger partial charge in [-0.3, -0.25) is 4.79 Å². The van der Waals surface area contributed by atoms with Gasteiger partial charge in [0.05, 0.1) is 11.3 Å². The fourth-order valence-corrected chi connectivity index (χ4v) is 1.78. The second-order valence-electron chi connectivity index (χ2n) is 4.01. The monoisotopic (exact) mass is 281 g/mol. The minimum atomic E-state index is -0.746. The fraction of sp³-hybridized carbons (Fsp3) is 0.0714. The third-order valence-corrected chi connectivity index (χ3v) is 2.85. The first-order valence-corrected chi connectivity index (χ1v) is 5.88. The number of aryl methyl sites for hydroxylation is 1. The lowest BCUT2D eigenvalue weighted by Gasteiger charge is -2.08. The number of carbonyl (C=O) groups is 1. The van der Waals surface area contributed by atoms with Crippen molar-refractivity contribution in [3.63, 3.8) is 0 Å². The van der Waals surface area contributed by atoms with E-state index < -0.39 is 17.5 Å². The first kappa shape index (κ1) is 13.5. The van der Waals surface area contributed by atoms with Crippen LogP contribution in [0.15, 0.2) is 36.4 Å². The highest BCUT2D eigenvalue weighted by Crippen LogP contribution is 2.20. The van der Waals surface area contributed by atoms with Crippen molar-refractivity contribution in [1.82, 2.24) is 0 Å². The smallest absolute Gasteiger partial charge is 0.258 e. The molecule has 0 aliphatic rings. The summed E-state index contributed by atoms with van der Waals surface area (Å²) < 4.78 is 27.2. The summed E-state index contributed by atoms with van der Waals surface area (Å²) in [4.78, 5) is 11.9. The number of carbonyl (C=O) groups excluding carboxylic acids is 1. The van der Waals surface area contributed by atoms with E-state index in [1.54, 1.807) is 19.1 Å². The van der Waals surface area contributed by atoms with Gasteiger partial charge in [0, 0.05) is 5.02 Å². The van der Waals surface area contributed by atoms with Crippen molar-refractivity contribution in [3.05, 3.63) is 64.2 Å². The molecule has 0 bridgehead atoms. The lowest BCUT2D eigenvalue weighted by molar-refractivity contribution is 0.102. The molecule has 0 heterocycles. The van der Waals surface area contributed by atoms with Crippen molar-refractivity contribution < 1.29 is 13.6 Å². The Morgan fingerprint density at radius 2 is 1.95 bits per heavy atom. The molecule has 5 heteroatoms. The average molecular weight is 282 g/mol. The highest BCUT2D eigenvalue weighted by Gasteiger charge is 2.14. The molecule has 0 unspecified atom stereocenters. The molecule has 0 aliphatic heterocycles. The van der Waals surface area contributed by atoms with Crippen LogP contribution in [-0.4, -0.2) is 5.91 Å². The van der Waals surface area contributed by atoms with Crippen molar-refractivity contribution in [2.45, 2.75) is 6.92 Å². The van der Waals surface area contributed by atoms with Crippen LogP contribution in [0.5, 0.6) is 0 Å². The maximum absolute atomic E-state index is 13.7. The Bertz CT molecular complexity index is 643. The largest absolute Gasteiger partial charge is 0.319 e. The highest BCUT2D eigenvalue weighted by molar-refractivity contribution is 6.31. The molecule has 98 valence electrons. The summed E-state index contributed by atoms with van der Waals surface area (Å²) in [6, 6.07) is 8.20. The molecule has 0 aliphatic carbocycles. The minimum absolute atomic E-state index is 0.00405.